The van der Waals surface area contributed by atoms with Crippen LogP contribution in [-0.2, 0) is 11.2 Å². The molecule has 0 aliphatic carbocycles. The van der Waals surface area contributed by atoms with Crippen molar-refractivity contribution < 1.29 is 18.0 Å². The molecule has 1 unspecified atom stereocenters. The van der Waals surface area contributed by atoms with E-state index in [1.54, 1.807) is 13.0 Å². The number of nitrogens with one attached hydrogen (secondary N) is 2. The highest BCUT2D eigenvalue weighted by molar-refractivity contribution is 5.91. The van der Waals surface area contributed by atoms with E-state index in [1.165, 1.54) is 0 Å². The number of rotatable bonds is 2. The number of aromatic nitrogens is 1. The predicted octanol–water partition coefficient (Wildman–Crippen LogP) is 3.66. The van der Waals surface area contributed by atoms with Gasteiger partial charge < -0.3 is 10.6 Å². The highest BCUT2D eigenvalue weighted by atomic mass is 19.4. The van der Waals surface area contributed by atoms with Crippen molar-refractivity contribution in [1.82, 2.24) is 4.98 Å². The first-order valence-corrected chi connectivity index (χ1v) is 7.09. The first-order valence-electron chi connectivity index (χ1n) is 7.09. The SMILES string of the molecule is Cc1cc2c(nc1NC(=O)CC(C)(C)C)CC(C(F)(F)F)N2. The summed E-state index contributed by atoms with van der Waals surface area (Å²) in [5.74, 6) is 0.138. The van der Waals surface area contributed by atoms with Gasteiger partial charge in [0, 0.05) is 12.8 Å². The van der Waals surface area contributed by atoms with Gasteiger partial charge >= 0.3 is 6.18 Å². The molecule has 0 saturated heterocycles. The van der Waals surface area contributed by atoms with Gasteiger partial charge in [0.05, 0.1) is 11.4 Å². The lowest BCUT2D eigenvalue weighted by Gasteiger charge is -2.17. The van der Waals surface area contributed by atoms with E-state index in [2.05, 4.69) is 15.6 Å². The zero-order valence-corrected chi connectivity index (χ0v) is 13.1. The van der Waals surface area contributed by atoms with Crippen molar-refractivity contribution in [2.24, 2.45) is 5.41 Å². The third kappa shape index (κ3) is 3.90. The summed E-state index contributed by atoms with van der Waals surface area (Å²) < 4.78 is 38.3. The van der Waals surface area contributed by atoms with E-state index in [9.17, 15) is 18.0 Å². The number of amides is 1. The van der Waals surface area contributed by atoms with Crippen molar-refractivity contribution >= 4 is 17.4 Å². The molecule has 0 spiro atoms. The fraction of sp³-hybridized carbons (Fsp3) is 0.600. The average molecular weight is 315 g/mol. The highest BCUT2D eigenvalue weighted by Gasteiger charge is 2.43. The summed E-state index contributed by atoms with van der Waals surface area (Å²) in [4.78, 5) is 16.1. The number of hydrogen-bond donors (Lipinski definition) is 2. The minimum absolute atomic E-state index is 0.169. The Kier molecular flexibility index (Phi) is 4.10. The molecule has 1 aromatic heterocycles. The zero-order chi connectivity index (χ0) is 16.7. The van der Waals surface area contributed by atoms with E-state index in [-0.39, 0.29) is 17.7 Å². The minimum Gasteiger partial charge on any atom is -0.372 e. The summed E-state index contributed by atoms with van der Waals surface area (Å²) in [5, 5.41) is 5.12. The summed E-state index contributed by atoms with van der Waals surface area (Å²) in [7, 11) is 0. The quantitative estimate of drug-likeness (QED) is 0.875. The number of fused-ring (bicyclic) bond motifs is 1. The van der Waals surface area contributed by atoms with E-state index in [0.717, 1.165) is 0 Å². The molecule has 22 heavy (non-hydrogen) atoms. The molecule has 1 aliphatic heterocycles. The smallest absolute Gasteiger partial charge is 0.372 e. The number of anilines is 2. The van der Waals surface area contributed by atoms with Gasteiger partial charge in [-0.3, -0.25) is 4.79 Å². The van der Waals surface area contributed by atoms with Gasteiger partial charge in [-0.05, 0) is 24.0 Å². The van der Waals surface area contributed by atoms with Crippen molar-refractivity contribution in [3.8, 4) is 0 Å². The van der Waals surface area contributed by atoms with Crippen LogP contribution in [-0.4, -0.2) is 23.1 Å². The number of aryl methyl sites for hydroxylation is 1. The molecular formula is C15H20F3N3O. The molecule has 1 aromatic rings. The molecule has 0 saturated carbocycles. The second kappa shape index (κ2) is 5.44. The topological polar surface area (TPSA) is 54.0 Å². The molecule has 2 rings (SSSR count). The highest BCUT2D eigenvalue weighted by Crippen LogP contribution is 2.35. The van der Waals surface area contributed by atoms with Gasteiger partial charge in [0.1, 0.15) is 11.9 Å². The van der Waals surface area contributed by atoms with Crippen LogP contribution in [0.25, 0.3) is 0 Å². The first-order chi connectivity index (χ1) is 9.95. The molecule has 1 amide bonds. The monoisotopic (exact) mass is 315 g/mol. The Morgan fingerprint density at radius 2 is 2.05 bits per heavy atom. The third-order valence-electron chi connectivity index (χ3n) is 3.36. The lowest BCUT2D eigenvalue weighted by molar-refractivity contribution is -0.140. The maximum absolute atomic E-state index is 12.8. The normalized spacial score (nSPS) is 17.9. The molecule has 7 heteroatoms. The van der Waals surface area contributed by atoms with Crippen LogP contribution < -0.4 is 10.6 Å². The second-order valence-electron chi connectivity index (χ2n) is 6.88. The standard InChI is InChI=1S/C15H20F3N3O/c1-8-5-9-10(6-11(19-9)15(16,17)18)20-13(8)21-12(22)7-14(2,3)4/h5,11,19H,6-7H2,1-4H3,(H,20,21,22). The predicted molar refractivity (Wildman–Crippen MR) is 78.8 cm³/mol. The number of nitrogens with zero attached hydrogens (tertiary/aromatic N) is 1. The Labute approximate surface area is 127 Å². The molecule has 1 atom stereocenters. The van der Waals surface area contributed by atoms with E-state index in [4.69, 9.17) is 0 Å². The first kappa shape index (κ1) is 16.6. The van der Waals surface area contributed by atoms with E-state index in [0.29, 0.717) is 29.2 Å². The Morgan fingerprint density at radius 3 is 2.59 bits per heavy atom. The average Bonchev–Trinajstić information content (AvgIpc) is 2.69. The molecular weight excluding hydrogens is 295 g/mol. The van der Waals surface area contributed by atoms with Gasteiger partial charge in [-0.25, -0.2) is 4.98 Å². The molecule has 0 radical (unpaired) electrons. The van der Waals surface area contributed by atoms with Crippen LogP contribution >= 0.6 is 0 Å². The summed E-state index contributed by atoms with van der Waals surface area (Å²) >= 11 is 0. The number of pyridine rings is 1. The van der Waals surface area contributed by atoms with Crippen molar-refractivity contribution in [3.63, 3.8) is 0 Å². The Morgan fingerprint density at radius 1 is 1.41 bits per heavy atom. The number of carbonyl (C=O) groups is 1. The molecule has 0 fully saturated rings. The van der Waals surface area contributed by atoms with Crippen LogP contribution in [0.3, 0.4) is 0 Å². The van der Waals surface area contributed by atoms with E-state index >= 15 is 0 Å². The van der Waals surface area contributed by atoms with Gasteiger partial charge in [0.15, 0.2) is 0 Å². The van der Waals surface area contributed by atoms with Crippen LogP contribution in [0.1, 0.15) is 38.4 Å². The Hall–Kier alpha value is -1.79. The number of carbonyl (C=O) groups excluding carboxylic acids is 1. The van der Waals surface area contributed by atoms with Crippen molar-refractivity contribution in [2.45, 2.75) is 52.8 Å². The van der Waals surface area contributed by atoms with Gasteiger partial charge in [0.2, 0.25) is 5.91 Å². The summed E-state index contributed by atoms with van der Waals surface area (Å²) in [5.41, 5.74) is 1.18. The van der Waals surface area contributed by atoms with Crippen LogP contribution in [0.5, 0.6) is 0 Å². The van der Waals surface area contributed by atoms with Gasteiger partial charge in [-0.2, -0.15) is 13.2 Å². The lowest BCUT2D eigenvalue weighted by Crippen LogP contribution is -2.34. The number of hydrogen-bond acceptors (Lipinski definition) is 3. The van der Waals surface area contributed by atoms with Crippen molar-refractivity contribution in [3.05, 3.63) is 17.3 Å². The maximum atomic E-state index is 12.8. The molecule has 122 valence electrons. The molecule has 2 heterocycles. The van der Waals surface area contributed by atoms with E-state index < -0.39 is 12.2 Å². The Balaban J connectivity index is 2.16. The molecule has 4 nitrogen and oxygen atoms in total. The molecule has 1 aliphatic rings. The molecule has 0 bridgehead atoms. The largest absolute Gasteiger partial charge is 0.408 e. The molecule has 2 N–H and O–H groups in total. The summed E-state index contributed by atoms with van der Waals surface area (Å²) in [6, 6.07) is -0.0178. The third-order valence-corrected chi connectivity index (χ3v) is 3.36. The number of halogens is 3. The molecule has 0 aromatic carbocycles. The van der Waals surface area contributed by atoms with Crippen molar-refractivity contribution in [1.29, 1.82) is 0 Å². The van der Waals surface area contributed by atoms with Gasteiger partial charge in [-0.15, -0.1) is 0 Å². The number of alkyl halides is 3. The minimum atomic E-state index is -4.32. The van der Waals surface area contributed by atoms with Crippen molar-refractivity contribution in [2.75, 3.05) is 10.6 Å². The van der Waals surface area contributed by atoms with E-state index in [1.807, 2.05) is 20.8 Å². The van der Waals surface area contributed by atoms with Crippen LogP contribution in [0.4, 0.5) is 24.7 Å². The fourth-order valence-corrected chi connectivity index (χ4v) is 2.35. The lowest BCUT2D eigenvalue weighted by atomic mass is 9.92. The van der Waals surface area contributed by atoms with Crippen LogP contribution in [0, 0.1) is 12.3 Å². The van der Waals surface area contributed by atoms with Crippen LogP contribution in [0.15, 0.2) is 6.07 Å². The maximum Gasteiger partial charge on any atom is 0.408 e. The zero-order valence-electron chi connectivity index (χ0n) is 13.1. The second-order valence-corrected chi connectivity index (χ2v) is 6.88. The summed E-state index contributed by atoms with van der Waals surface area (Å²) in [6.45, 7) is 7.52. The fourth-order valence-electron chi connectivity index (χ4n) is 2.35. The Bertz CT molecular complexity index is 591. The van der Waals surface area contributed by atoms with Gasteiger partial charge in [0.25, 0.3) is 0 Å². The van der Waals surface area contributed by atoms with Crippen LogP contribution in [0.2, 0.25) is 0 Å². The summed E-state index contributed by atoms with van der Waals surface area (Å²) in [6.07, 6.45) is -4.22. The van der Waals surface area contributed by atoms with Gasteiger partial charge in [-0.1, -0.05) is 20.8 Å².